The Balaban J connectivity index is 1.83. The van der Waals surface area contributed by atoms with Gasteiger partial charge in [-0.2, -0.15) is 0 Å². The van der Waals surface area contributed by atoms with Gasteiger partial charge in [0.2, 0.25) is 5.88 Å². The molecule has 1 saturated heterocycles. The molecule has 0 saturated carbocycles. The van der Waals surface area contributed by atoms with Crippen LogP contribution in [-0.4, -0.2) is 36.3 Å². The van der Waals surface area contributed by atoms with Crippen LogP contribution in [0, 0.1) is 5.92 Å². The molecular formula is C12H19N3O2. The molecule has 1 aliphatic rings. The predicted molar refractivity (Wildman–Crippen MR) is 65.2 cm³/mol. The molecule has 1 N–H and O–H groups in total. The van der Waals surface area contributed by atoms with Gasteiger partial charge in [0.05, 0.1) is 6.61 Å². The summed E-state index contributed by atoms with van der Waals surface area (Å²) in [6.07, 6.45) is 3.77. The SMILES string of the molecule is CCOc1cc(NCC2CCOCC2)ncn1. The van der Waals surface area contributed by atoms with Crippen molar-refractivity contribution >= 4 is 5.82 Å². The summed E-state index contributed by atoms with van der Waals surface area (Å²) in [5.41, 5.74) is 0. The minimum Gasteiger partial charge on any atom is -0.478 e. The van der Waals surface area contributed by atoms with Gasteiger partial charge < -0.3 is 14.8 Å². The highest BCUT2D eigenvalue weighted by Gasteiger charge is 2.13. The van der Waals surface area contributed by atoms with Crippen LogP contribution < -0.4 is 10.1 Å². The summed E-state index contributed by atoms with van der Waals surface area (Å²) in [5.74, 6) is 2.13. The number of ether oxygens (including phenoxy) is 2. The van der Waals surface area contributed by atoms with Gasteiger partial charge in [-0.1, -0.05) is 0 Å². The van der Waals surface area contributed by atoms with Crippen LogP contribution in [0.4, 0.5) is 5.82 Å². The lowest BCUT2D eigenvalue weighted by Crippen LogP contribution is -2.22. The maximum atomic E-state index is 5.33. The van der Waals surface area contributed by atoms with Crippen LogP contribution >= 0.6 is 0 Å². The minimum absolute atomic E-state index is 0.621. The Morgan fingerprint density at radius 2 is 2.24 bits per heavy atom. The smallest absolute Gasteiger partial charge is 0.218 e. The third-order valence-corrected chi connectivity index (χ3v) is 2.85. The molecule has 0 atom stereocenters. The molecule has 94 valence electrons. The number of anilines is 1. The van der Waals surface area contributed by atoms with Crippen LogP contribution in [0.3, 0.4) is 0 Å². The quantitative estimate of drug-likeness (QED) is 0.845. The molecule has 1 fully saturated rings. The first kappa shape index (κ1) is 12.1. The first-order chi connectivity index (χ1) is 8.38. The van der Waals surface area contributed by atoms with Crippen molar-refractivity contribution in [2.24, 2.45) is 5.92 Å². The van der Waals surface area contributed by atoms with Crippen molar-refractivity contribution in [3.05, 3.63) is 12.4 Å². The highest BCUT2D eigenvalue weighted by Crippen LogP contribution is 2.16. The largest absolute Gasteiger partial charge is 0.478 e. The van der Waals surface area contributed by atoms with E-state index in [0.717, 1.165) is 38.4 Å². The highest BCUT2D eigenvalue weighted by atomic mass is 16.5. The molecule has 5 nitrogen and oxygen atoms in total. The van der Waals surface area contributed by atoms with Gasteiger partial charge >= 0.3 is 0 Å². The average Bonchev–Trinajstić information content (AvgIpc) is 2.39. The molecule has 0 spiro atoms. The zero-order valence-electron chi connectivity index (χ0n) is 10.2. The molecule has 0 aromatic carbocycles. The lowest BCUT2D eigenvalue weighted by atomic mass is 10.0. The summed E-state index contributed by atoms with van der Waals surface area (Å²) >= 11 is 0. The van der Waals surface area contributed by atoms with E-state index in [9.17, 15) is 0 Å². The average molecular weight is 237 g/mol. The van der Waals surface area contributed by atoms with Crippen molar-refractivity contribution in [2.75, 3.05) is 31.7 Å². The lowest BCUT2D eigenvalue weighted by Gasteiger charge is -2.22. The fourth-order valence-electron chi connectivity index (χ4n) is 1.86. The summed E-state index contributed by atoms with van der Waals surface area (Å²) in [7, 11) is 0. The Kier molecular flexibility index (Phi) is 4.55. The monoisotopic (exact) mass is 237 g/mol. The minimum atomic E-state index is 0.621. The maximum absolute atomic E-state index is 5.33. The number of aromatic nitrogens is 2. The maximum Gasteiger partial charge on any atom is 0.218 e. The number of hydrogen-bond acceptors (Lipinski definition) is 5. The summed E-state index contributed by atoms with van der Waals surface area (Å²) in [6, 6.07) is 1.84. The number of hydrogen-bond donors (Lipinski definition) is 1. The molecule has 0 radical (unpaired) electrons. The number of nitrogens with one attached hydrogen (secondary N) is 1. The Bertz CT molecular complexity index is 340. The third kappa shape index (κ3) is 3.85. The van der Waals surface area contributed by atoms with E-state index in [1.807, 2.05) is 13.0 Å². The van der Waals surface area contributed by atoms with Gasteiger partial charge in [0, 0.05) is 25.8 Å². The zero-order chi connectivity index (χ0) is 11.9. The second-order valence-electron chi connectivity index (χ2n) is 4.11. The van der Waals surface area contributed by atoms with E-state index >= 15 is 0 Å². The van der Waals surface area contributed by atoms with Crippen LogP contribution in [-0.2, 0) is 4.74 Å². The van der Waals surface area contributed by atoms with Crippen LogP contribution in [0.5, 0.6) is 5.88 Å². The first-order valence-electron chi connectivity index (χ1n) is 6.15. The van der Waals surface area contributed by atoms with Gasteiger partial charge in [-0.3, -0.25) is 0 Å². The molecule has 1 aliphatic heterocycles. The lowest BCUT2D eigenvalue weighted by molar-refractivity contribution is 0.0699. The molecular weight excluding hydrogens is 218 g/mol. The van der Waals surface area contributed by atoms with Gasteiger partial charge in [-0.15, -0.1) is 0 Å². The molecule has 2 heterocycles. The molecule has 1 aromatic heterocycles. The van der Waals surface area contributed by atoms with E-state index < -0.39 is 0 Å². The van der Waals surface area contributed by atoms with Crippen molar-refractivity contribution in [3.8, 4) is 5.88 Å². The van der Waals surface area contributed by atoms with Gasteiger partial charge in [-0.25, -0.2) is 9.97 Å². The molecule has 1 aromatic rings. The van der Waals surface area contributed by atoms with Gasteiger partial charge in [-0.05, 0) is 25.7 Å². The molecule has 0 unspecified atom stereocenters. The summed E-state index contributed by atoms with van der Waals surface area (Å²) in [5, 5.41) is 3.33. The molecule has 0 aliphatic carbocycles. The predicted octanol–water partition coefficient (Wildman–Crippen LogP) is 1.71. The molecule has 5 heteroatoms. The van der Waals surface area contributed by atoms with Crippen LogP contribution in [0.15, 0.2) is 12.4 Å². The van der Waals surface area contributed by atoms with Crippen molar-refractivity contribution in [1.82, 2.24) is 9.97 Å². The Morgan fingerprint density at radius 3 is 3.00 bits per heavy atom. The Hall–Kier alpha value is -1.36. The summed E-state index contributed by atoms with van der Waals surface area (Å²) in [4.78, 5) is 8.20. The van der Waals surface area contributed by atoms with Gasteiger partial charge in [0.15, 0.2) is 0 Å². The molecule has 17 heavy (non-hydrogen) atoms. The normalized spacial score (nSPS) is 16.8. The third-order valence-electron chi connectivity index (χ3n) is 2.85. The standard InChI is InChI=1S/C12H19N3O2/c1-2-17-12-7-11(14-9-15-12)13-8-10-3-5-16-6-4-10/h7,9-10H,2-6,8H2,1H3,(H,13,14,15). The molecule has 0 bridgehead atoms. The van der Waals surface area contributed by atoms with E-state index in [-0.39, 0.29) is 0 Å². The van der Waals surface area contributed by atoms with Gasteiger partial charge in [0.1, 0.15) is 12.1 Å². The summed E-state index contributed by atoms with van der Waals surface area (Å²) in [6.45, 7) is 5.25. The van der Waals surface area contributed by atoms with Crippen LogP contribution in [0.1, 0.15) is 19.8 Å². The van der Waals surface area contributed by atoms with Gasteiger partial charge in [0.25, 0.3) is 0 Å². The van der Waals surface area contributed by atoms with Crippen molar-refractivity contribution in [1.29, 1.82) is 0 Å². The van der Waals surface area contributed by atoms with E-state index in [2.05, 4.69) is 15.3 Å². The second kappa shape index (κ2) is 6.39. The highest BCUT2D eigenvalue weighted by molar-refractivity contribution is 5.36. The first-order valence-corrected chi connectivity index (χ1v) is 6.15. The molecule has 2 rings (SSSR count). The fourth-order valence-corrected chi connectivity index (χ4v) is 1.86. The zero-order valence-corrected chi connectivity index (χ0v) is 10.2. The van der Waals surface area contributed by atoms with E-state index in [0.29, 0.717) is 18.4 Å². The second-order valence-corrected chi connectivity index (χ2v) is 4.11. The van der Waals surface area contributed by atoms with Crippen LogP contribution in [0.25, 0.3) is 0 Å². The van der Waals surface area contributed by atoms with Crippen molar-refractivity contribution < 1.29 is 9.47 Å². The Morgan fingerprint density at radius 1 is 1.41 bits per heavy atom. The summed E-state index contributed by atoms with van der Waals surface area (Å²) < 4.78 is 10.7. The number of nitrogens with zero attached hydrogens (tertiary/aromatic N) is 2. The van der Waals surface area contributed by atoms with Crippen molar-refractivity contribution in [3.63, 3.8) is 0 Å². The van der Waals surface area contributed by atoms with Crippen LogP contribution in [0.2, 0.25) is 0 Å². The van der Waals surface area contributed by atoms with E-state index in [4.69, 9.17) is 9.47 Å². The molecule has 0 amide bonds. The van der Waals surface area contributed by atoms with E-state index in [1.165, 1.54) is 6.33 Å². The Labute approximate surface area is 102 Å². The number of rotatable bonds is 5. The topological polar surface area (TPSA) is 56.3 Å². The fraction of sp³-hybridized carbons (Fsp3) is 0.667. The van der Waals surface area contributed by atoms with Crippen molar-refractivity contribution in [2.45, 2.75) is 19.8 Å². The van der Waals surface area contributed by atoms with E-state index in [1.54, 1.807) is 0 Å².